The summed E-state index contributed by atoms with van der Waals surface area (Å²) < 4.78 is -0.452. The van der Waals surface area contributed by atoms with Crippen molar-refractivity contribution in [3.8, 4) is 0 Å². The van der Waals surface area contributed by atoms with E-state index in [1.807, 2.05) is 30.3 Å². The molecule has 4 heteroatoms. The zero-order valence-corrected chi connectivity index (χ0v) is 17.2. The van der Waals surface area contributed by atoms with Crippen LogP contribution in [0.3, 0.4) is 0 Å². The summed E-state index contributed by atoms with van der Waals surface area (Å²) >= 11 is 1.74. The first-order chi connectivity index (χ1) is 14.8. The van der Waals surface area contributed by atoms with Gasteiger partial charge < -0.3 is 5.21 Å². The zero-order valence-electron chi connectivity index (χ0n) is 16.4. The van der Waals surface area contributed by atoms with Gasteiger partial charge in [-0.1, -0.05) is 96.2 Å². The Morgan fingerprint density at radius 1 is 0.700 bits per heavy atom. The number of benzene rings is 3. The normalized spacial score (nSPS) is 11.9. The number of thioether (sulfide) groups is 1. The molecule has 0 aliphatic rings. The monoisotopic (exact) mass is 410 g/mol. The molecule has 0 amide bonds. The van der Waals surface area contributed by atoms with E-state index >= 15 is 0 Å². The Balaban J connectivity index is 1.85. The van der Waals surface area contributed by atoms with Gasteiger partial charge in [-0.3, -0.25) is 4.98 Å². The summed E-state index contributed by atoms with van der Waals surface area (Å²) in [4.78, 5) is 4.07. The maximum absolute atomic E-state index is 9.74. The molecule has 0 fully saturated rings. The molecule has 0 saturated carbocycles. The third kappa shape index (κ3) is 4.00. The van der Waals surface area contributed by atoms with Crippen molar-refractivity contribution >= 4 is 17.5 Å². The molecule has 1 N–H and O–H groups in total. The fourth-order valence-electron chi connectivity index (χ4n) is 3.66. The third-order valence-electron chi connectivity index (χ3n) is 5.10. The van der Waals surface area contributed by atoms with Gasteiger partial charge >= 0.3 is 0 Å². The van der Waals surface area contributed by atoms with E-state index in [2.05, 4.69) is 82.9 Å². The summed E-state index contributed by atoms with van der Waals surface area (Å²) in [6.45, 7) is 0. The molecule has 0 spiro atoms. The Bertz CT molecular complexity index is 988. The van der Waals surface area contributed by atoms with Crippen molar-refractivity contribution in [2.45, 2.75) is 4.75 Å². The van der Waals surface area contributed by atoms with Gasteiger partial charge in [-0.05, 0) is 28.8 Å². The van der Waals surface area contributed by atoms with E-state index < -0.39 is 4.75 Å². The minimum absolute atomic E-state index is 0.452. The van der Waals surface area contributed by atoms with Gasteiger partial charge in [0.25, 0.3) is 0 Å². The van der Waals surface area contributed by atoms with Crippen LogP contribution in [0.1, 0.15) is 22.3 Å². The van der Waals surface area contributed by atoms with Gasteiger partial charge in [-0.15, -0.1) is 11.8 Å². The summed E-state index contributed by atoms with van der Waals surface area (Å²) in [5.41, 5.74) is 5.02. The van der Waals surface area contributed by atoms with E-state index in [1.165, 1.54) is 16.7 Å². The molecule has 1 aromatic heterocycles. The van der Waals surface area contributed by atoms with Crippen molar-refractivity contribution in [3.63, 3.8) is 0 Å². The van der Waals surface area contributed by atoms with E-state index in [9.17, 15) is 5.21 Å². The SMILES string of the molecule is O/N=C(\CSC(c1ccccc1)(c1ccccc1)c1ccccc1)c1ccncc1. The van der Waals surface area contributed by atoms with Gasteiger partial charge in [0.15, 0.2) is 0 Å². The molecule has 0 aliphatic heterocycles. The van der Waals surface area contributed by atoms with Gasteiger partial charge in [-0.25, -0.2) is 0 Å². The Hall–Kier alpha value is -3.37. The van der Waals surface area contributed by atoms with Crippen LogP contribution in [0, 0.1) is 0 Å². The Kier molecular flexibility index (Phi) is 6.26. The summed E-state index contributed by atoms with van der Waals surface area (Å²) in [5.74, 6) is 0.527. The van der Waals surface area contributed by atoms with Gasteiger partial charge in [0, 0.05) is 23.7 Å². The number of pyridine rings is 1. The van der Waals surface area contributed by atoms with E-state index in [0.29, 0.717) is 11.5 Å². The first-order valence-electron chi connectivity index (χ1n) is 9.76. The van der Waals surface area contributed by atoms with Crippen LogP contribution in [0.4, 0.5) is 0 Å². The van der Waals surface area contributed by atoms with E-state index in [4.69, 9.17) is 0 Å². The van der Waals surface area contributed by atoms with Crippen LogP contribution in [-0.2, 0) is 4.75 Å². The lowest BCUT2D eigenvalue weighted by Gasteiger charge is -2.35. The number of hydrogen-bond donors (Lipinski definition) is 1. The van der Waals surface area contributed by atoms with Crippen molar-refractivity contribution in [1.29, 1.82) is 0 Å². The standard InChI is InChI=1S/C26H22N2OS/c29-28-25(21-16-18-27-19-17-21)20-30-26(22-10-4-1-5-11-22,23-12-6-2-7-13-23)24-14-8-3-9-15-24/h1-19,29H,20H2/b28-25+. The van der Waals surface area contributed by atoms with Crippen LogP contribution in [0.25, 0.3) is 0 Å². The van der Waals surface area contributed by atoms with E-state index in [-0.39, 0.29) is 0 Å². The van der Waals surface area contributed by atoms with E-state index in [1.54, 1.807) is 24.2 Å². The summed E-state index contributed by atoms with van der Waals surface area (Å²) in [6.07, 6.45) is 3.42. The molecule has 0 unspecified atom stereocenters. The van der Waals surface area contributed by atoms with Crippen LogP contribution in [0.5, 0.6) is 0 Å². The van der Waals surface area contributed by atoms with Gasteiger partial charge in [0.2, 0.25) is 0 Å². The highest BCUT2D eigenvalue weighted by Gasteiger charge is 2.37. The fourth-order valence-corrected chi connectivity index (χ4v) is 5.15. The lowest BCUT2D eigenvalue weighted by Crippen LogP contribution is -2.27. The van der Waals surface area contributed by atoms with Gasteiger partial charge in [0.05, 0.1) is 10.5 Å². The topological polar surface area (TPSA) is 45.5 Å². The Labute approximate surface area is 181 Å². The number of aromatic nitrogens is 1. The smallest absolute Gasteiger partial charge is 0.0968 e. The molecule has 0 radical (unpaired) electrons. The second-order valence-electron chi connectivity index (χ2n) is 6.85. The maximum Gasteiger partial charge on any atom is 0.0968 e. The molecule has 0 saturated heterocycles. The van der Waals surface area contributed by atoms with Crippen molar-refractivity contribution in [3.05, 3.63) is 138 Å². The van der Waals surface area contributed by atoms with Crippen molar-refractivity contribution in [2.24, 2.45) is 5.16 Å². The van der Waals surface area contributed by atoms with Crippen LogP contribution < -0.4 is 0 Å². The lowest BCUT2D eigenvalue weighted by atomic mass is 9.84. The average molecular weight is 411 g/mol. The van der Waals surface area contributed by atoms with Crippen molar-refractivity contribution < 1.29 is 5.21 Å². The van der Waals surface area contributed by atoms with Crippen LogP contribution in [0.15, 0.2) is 121 Å². The Morgan fingerprint density at radius 3 is 1.53 bits per heavy atom. The molecule has 0 aliphatic carbocycles. The fraction of sp³-hybridized carbons (Fsp3) is 0.0769. The Morgan fingerprint density at radius 2 is 1.13 bits per heavy atom. The molecule has 3 nitrogen and oxygen atoms in total. The van der Waals surface area contributed by atoms with Gasteiger partial charge in [0.1, 0.15) is 0 Å². The third-order valence-corrected chi connectivity index (χ3v) is 6.66. The number of hydrogen-bond acceptors (Lipinski definition) is 4. The molecular weight excluding hydrogens is 388 g/mol. The molecule has 148 valence electrons. The predicted octanol–water partition coefficient (Wildman–Crippen LogP) is 5.99. The highest BCUT2D eigenvalue weighted by Crippen LogP contribution is 2.48. The first kappa shape index (κ1) is 19.9. The molecule has 4 aromatic rings. The van der Waals surface area contributed by atoms with Gasteiger partial charge in [-0.2, -0.15) is 0 Å². The minimum atomic E-state index is -0.452. The summed E-state index contributed by atoms with van der Waals surface area (Å²) in [6, 6.07) is 35.2. The number of nitrogens with zero attached hydrogens (tertiary/aromatic N) is 2. The van der Waals surface area contributed by atoms with Crippen LogP contribution in [0.2, 0.25) is 0 Å². The molecule has 3 aromatic carbocycles. The minimum Gasteiger partial charge on any atom is -0.411 e. The number of rotatable bonds is 7. The largest absolute Gasteiger partial charge is 0.411 e. The molecule has 1 heterocycles. The lowest BCUT2D eigenvalue weighted by molar-refractivity contribution is 0.319. The highest BCUT2D eigenvalue weighted by atomic mass is 32.2. The van der Waals surface area contributed by atoms with Crippen molar-refractivity contribution in [1.82, 2.24) is 4.98 Å². The quantitative estimate of drug-likeness (QED) is 0.176. The summed E-state index contributed by atoms with van der Waals surface area (Å²) in [7, 11) is 0. The molecule has 0 bridgehead atoms. The molecule has 30 heavy (non-hydrogen) atoms. The van der Waals surface area contributed by atoms with Crippen molar-refractivity contribution in [2.75, 3.05) is 5.75 Å². The maximum atomic E-state index is 9.74. The highest BCUT2D eigenvalue weighted by molar-refractivity contribution is 8.01. The second-order valence-corrected chi connectivity index (χ2v) is 8.04. The zero-order chi connectivity index (χ0) is 20.7. The van der Waals surface area contributed by atoms with Crippen LogP contribution in [-0.4, -0.2) is 21.7 Å². The molecule has 0 atom stereocenters. The predicted molar refractivity (Wildman–Crippen MR) is 124 cm³/mol. The second kappa shape index (κ2) is 9.42. The number of oxime groups is 1. The summed E-state index contributed by atoms with van der Waals surface area (Å²) in [5, 5.41) is 13.4. The first-order valence-corrected chi connectivity index (χ1v) is 10.7. The van der Waals surface area contributed by atoms with E-state index in [0.717, 1.165) is 5.56 Å². The average Bonchev–Trinajstić information content (AvgIpc) is 2.84. The molecule has 4 rings (SSSR count). The molecular formula is C26H22N2OS. The van der Waals surface area contributed by atoms with Crippen LogP contribution >= 0.6 is 11.8 Å².